The van der Waals surface area contributed by atoms with Crippen molar-refractivity contribution < 1.29 is 23.9 Å². The number of aryl methyl sites for hydroxylation is 2. The molecule has 1 rings (SSSR count). The molecule has 2 N–H and O–H groups in total. The second-order valence-electron chi connectivity index (χ2n) is 5.31. The molecule has 0 atom stereocenters. The van der Waals surface area contributed by atoms with E-state index in [0.29, 0.717) is 12.1 Å². The van der Waals surface area contributed by atoms with Crippen molar-refractivity contribution in [1.29, 1.82) is 0 Å². The molecule has 7 heteroatoms. The van der Waals surface area contributed by atoms with Gasteiger partial charge in [-0.15, -0.1) is 0 Å². The maximum Gasteiger partial charge on any atom is 0.321 e. The van der Waals surface area contributed by atoms with E-state index < -0.39 is 24.5 Å². The first-order valence-corrected chi connectivity index (χ1v) is 7.67. The molecule has 0 saturated heterocycles. The van der Waals surface area contributed by atoms with Crippen molar-refractivity contribution in [2.45, 2.75) is 33.6 Å². The Hall–Kier alpha value is -2.70. The number of ether oxygens (including phenoxy) is 1. The molecule has 0 unspecified atom stereocenters. The first kappa shape index (κ1) is 19.3. The summed E-state index contributed by atoms with van der Waals surface area (Å²) in [4.78, 5) is 46.2. The molecular weight excluding hydrogens is 312 g/mol. The van der Waals surface area contributed by atoms with Crippen LogP contribution in [0.2, 0.25) is 0 Å². The fraction of sp³-hybridized carbons (Fsp3) is 0.412. The van der Waals surface area contributed by atoms with Gasteiger partial charge < -0.3 is 10.1 Å². The molecule has 0 aliphatic rings. The van der Waals surface area contributed by atoms with Crippen molar-refractivity contribution in [3.63, 3.8) is 0 Å². The summed E-state index contributed by atoms with van der Waals surface area (Å²) in [6.45, 7) is 5.23. The van der Waals surface area contributed by atoms with Crippen LogP contribution in [-0.2, 0) is 14.3 Å². The lowest BCUT2D eigenvalue weighted by atomic mass is 9.99. The van der Waals surface area contributed by atoms with Crippen molar-refractivity contribution in [3.8, 4) is 0 Å². The number of imide groups is 1. The van der Waals surface area contributed by atoms with Crippen LogP contribution in [-0.4, -0.2) is 36.8 Å². The van der Waals surface area contributed by atoms with Crippen LogP contribution in [0.15, 0.2) is 18.2 Å². The number of urea groups is 1. The number of hydrogen-bond acceptors (Lipinski definition) is 5. The molecular formula is C17H22N2O5. The van der Waals surface area contributed by atoms with Gasteiger partial charge in [0.15, 0.2) is 12.4 Å². The molecule has 0 fully saturated rings. The molecule has 0 saturated carbocycles. The Morgan fingerprint density at radius 3 is 2.46 bits per heavy atom. The first-order chi connectivity index (χ1) is 11.3. The Morgan fingerprint density at radius 1 is 1.08 bits per heavy atom. The molecule has 24 heavy (non-hydrogen) atoms. The summed E-state index contributed by atoms with van der Waals surface area (Å²) in [5.74, 6) is -1.55. The third-order valence-electron chi connectivity index (χ3n) is 3.20. The van der Waals surface area contributed by atoms with Gasteiger partial charge in [0.2, 0.25) is 0 Å². The Balaban J connectivity index is 2.38. The third-order valence-corrected chi connectivity index (χ3v) is 3.20. The van der Waals surface area contributed by atoms with Crippen LogP contribution in [0, 0.1) is 13.8 Å². The number of amides is 3. The number of carbonyl (C=O) groups is 4. The van der Waals surface area contributed by atoms with Gasteiger partial charge in [0.1, 0.15) is 0 Å². The van der Waals surface area contributed by atoms with Gasteiger partial charge in [-0.3, -0.25) is 19.7 Å². The van der Waals surface area contributed by atoms with Crippen LogP contribution < -0.4 is 10.6 Å². The van der Waals surface area contributed by atoms with E-state index in [1.807, 2.05) is 31.3 Å². The second-order valence-corrected chi connectivity index (χ2v) is 5.31. The summed E-state index contributed by atoms with van der Waals surface area (Å²) in [5, 5.41) is 4.38. The summed E-state index contributed by atoms with van der Waals surface area (Å²) >= 11 is 0. The molecule has 0 aliphatic carbocycles. The van der Waals surface area contributed by atoms with Gasteiger partial charge in [-0.25, -0.2) is 4.79 Å². The van der Waals surface area contributed by atoms with Crippen LogP contribution >= 0.6 is 0 Å². The van der Waals surface area contributed by atoms with Crippen molar-refractivity contribution in [3.05, 3.63) is 34.9 Å². The zero-order chi connectivity index (χ0) is 18.1. The molecule has 1 aromatic carbocycles. The molecule has 3 amide bonds. The standard InChI is InChI=1S/C17H22N2O5/c1-4-18-17(23)19-15(21)10-24-16(22)8-7-14(20)13-9-11(2)5-6-12(13)3/h5-6,9H,4,7-8,10H2,1-3H3,(H2,18,19,21,23). The Morgan fingerprint density at radius 2 is 1.79 bits per heavy atom. The van der Waals surface area contributed by atoms with Crippen LogP contribution in [0.4, 0.5) is 4.79 Å². The van der Waals surface area contributed by atoms with E-state index in [9.17, 15) is 19.2 Å². The van der Waals surface area contributed by atoms with E-state index in [4.69, 9.17) is 4.74 Å². The quantitative estimate of drug-likeness (QED) is 0.583. The summed E-state index contributed by atoms with van der Waals surface area (Å²) in [6.07, 6.45) is -0.123. The van der Waals surface area contributed by atoms with Crippen LogP contribution in [0.25, 0.3) is 0 Å². The molecule has 0 spiro atoms. The molecule has 0 bridgehead atoms. The zero-order valence-corrected chi connectivity index (χ0v) is 14.1. The van der Waals surface area contributed by atoms with E-state index in [2.05, 4.69) is 5.32 Å². The largest absolute Gasteiger partial charge is 0.456 e. The van der Waals surface area contributed by atoms with Gasteiger partial charge in [0.05, 0.1) is 6.42 Å². The SMILES string of the molecule is CCNC(=O)NC(=O)COC(=O)CCC(=O)c1cc(C)ccc1C. The molecule has 0 aromatic heterocycles. The zero-order valence-electron chi connectivity index (χ0n) is 14.1. The number of benzene rings is 1. The lowest BCUT2D eigenvalue weighted by Gasteiger charge is -2.07. The number of rotatable bonds is 7. The Bertz CT molecular complexity index is 640. The minimum atomic E-state index is -0.727. The molecule has 0 aliphatic heterocycles. The average Bonchev–Trinajstić information content (AvgIpc) is 2.53. The highest BCUT2D eigenvalue weighted by molar-refractivity contribution is 5.99. The van der Waals surface area contributed by atoms with Crippen molar-refractivity contribution in [2.24, 2.45) is 0 Å². The first-order valence-electron chi connectivity index (χ1n) is 7.67. The lowest BCUT2D eigenvalue weighted by Crippen LogP contribution is -2.41. The smallest absolute Gasteiger partial charge is 0.321 e. The minimum Gasteiger partial charge on any atom is -0.456 e. The molecule has 1 aromatic rings. The van der Waals surface area contributed by atoms with E-state index in [0.717, 1.165) is 11.1 Å². The molecule has 7 nitrogen and oxygen atoms in total. The predicted molar refractivity (Wildman–Crippen MR) is 87.7 cm³/mol. The fourth-order valence-corrected chi connectivity index (χ4v) is 1.97. The summed E-state index contributed by atoms with van der Waals surface area (Å²) in [6, 6.07) is 4.90. The minimum absolute atomic E-state index is 0.00106. The highest BCUT2D eigenvalue weighted by Gasteiger charge is 2.14. The van der Waals surface area contributed by atoms with Crippen LogP contribution in [0.5, 0.6) is 0 Å². The molecule has 130 valence electrons. The van der Waals surface area contributed by atoms with Crippen molar-refractivity contribution in [1.82, 2.24) is 10.6 Å². The van der Waals surface area contributed by atoms with E-state index in [1.54, 1.807) is 13.0 Å². The maximum atomic E-state index is 12.1. The number of ketones is 1. The lowest BCUT2D eigenvalue weighted by molar-refractivity contribution is -0.148. The summed E-state index contributed by atoms with van der Waals surface area (Å²) in [5.41, 5.74) is 2.39. The fourth-order valence-electron chi connectivity index (χ4n) is 1.97. The number of nitrogens with one attached hydrogen (secondary N) is 2. The third kappa shape index (κ3) is 6.60. The monoisotopic (exact) mass is 334 g/mol. The topological polar surface area (TPSA) is 102 Å². The number of hydrogen-bond donors (Lipinski definition) is 2. The van der Waals surface area contributed by atoms with Crippen LogP contribution in [0.1, 0.15) is 41.3 Å². The second kappa shape index (κ2) is 9.44. The van der Waals surface area contributed by atoms with Gasteiger partial charge in [-0.1, -0.05) is 17.7 Å². The summed E-state index contributed by atoms with van der Waals surface area (Å²) in [7, 11) is 0. The van der Waals surface area contributed by atoms with Gasteiger partial charge >= 0.3 is 12.0 Å². The number of esters is 1. The highest BCUT2D eigenvalue weighted by atomic mass is 16.5. The maximum absolute atomic E-state index is 12.1. The molecule has 0 heterocycles. The van der Waals surface area contributed by atoms with Gasteiger partial charge in [-0.05, 0) is 32.4 Å². The van der Waals surface area contributed by atoms with E-state index >= 15 is 0 Å². The van der Waals surface area contributed by atoms with E-state index in [-0.39, 0.29) is 18.6 Å². The van der Waals surface area contributed by atoms with Gasteiger partial charge in [0.25, 0.3) is 5.91 Å². The Labute approximate surface area is 140 Å². The van der Waals surface area contributed by atoms with Gasteiger partial charge in [0, 0.05) is 18.5 Å². The molecule has 0 radical (unpaired) electrons. The summed E-state index contributed by atoms with van der Waals surface area (Å²) < 4.78 is 4.74. The number of Topliss-reactive ketones (excluding diaryl/α,β-unsaturated/α-hetero) is 1. The van der Waals surface area contributed by atoms with Crippen molar-refractivity contribution in [2.75, 3.05) is 13.2 Å². The van der Waals surface area contributed by atoms with Crippen molar-refractivity contribution >= 4 is 23.7 Å². The number of carbonyl (C=O) groups excluding carboxylic acids is 4. The average molecular weight is 334 g/mol. The predicted octanol–water partition coefficient (Wildman–Crippen LogP) is 1.66. The van der Waals surface area contributed by atoms with E-state index in [1.165, 1.54) is 0 Å². The Kier molecular flexibility index (Phi) is 7.61. The highest BCUT2D eigenvalue weighted by Crippen LogP contribution is 2.14. The van der Waals surface area contributed by atoms with Crippen LogP contribution in [0.3, 0.4) is 0 Å². The normalized spacial score (nSPS) is 9.96. The van der Waals surface area contributed by atoms with Gasteiger partial charge in [-0.2, -0.15) is 0 Å².